The molecule has 0 saturated carbocycles. The first-order chi connectivity index (χ1) is 14.7. The predicted molar refractivity (Wildman–Crippen MR) is 126 cm³/mol. The van der Waals surface area contributed by atoms with Crippen LogP contribution in [0.2, 0.25) is 0 Å². The fourth-order valence-electron chi connectivity index (χ4n) is 3.54. The molecule has 5 nitrogen and oxygen atoms in total. The third-order valence-corrected chi connectivity index (χ3v) is 6.87. The van der Waals surface area contributed by atoms with Gasteiger partial charge in [-0.3, -0.25) is 9.10 Å². The lowest BCUT2D eigenvalue weighted by atomic mass is 10.0. The summed E-state index contributed by atoms with van der Waals surface area (Å²) in [5.74, 6) is -0.174. The second-order valence-electron chi connectivity index (χ2n) is 7.90. The summed E-state index contributed by atoms with van der Waals surface area (Å²) >= 11 is 0. The summed E-state index contributed by atoms with van der Waals surface area (Å²) in [7, 11) is -3.93. The third-order valence-electron chi connectivity index (χ3n) is 5.10. The van der Waals surface area contributed by atoms with Gasteiger partial charge < -0.3 is 5.32 Å². The number of hydrogen-bond acceptors (Lipinski definition) is 3. The minimum absolute atomic E-state index is 0.144. The first-order valence-corrected chi connectivity index (χ1v) is 11.7. The second-order valence-corrected chi connectivity index (χ2v) is 9.77. The Kier molecular flexibility index (Phi) is 6.81. The van der Waals surface area contributed by atoms with Gasteiger partial charge in [0.05, 0.1) is 10.6 Å². The summed E-state index contributed by atoms with van der Waals surface area (Å²) in [5, 5.41) is 2.90. The lowest BCUT2D eigenvalue weighted by molar-refractivity contribution is -0.114. The lowest BCUT2D eigenvalue weighted by Crippen LogP contribution is -2.38. The highest BCUT2D eigenvalue weighted by atomic mass is 32.2. The maximum Gasteiger partial charge on any atom is 0.264 e. The molecule has 1 N–H and O–H groups in total. The normalized spacial score (nSPS) is 11.4. The van der Waals surface area contributed by atoms with Gasteiger partial charge >= 0.3 is 0 Å². The first kappa shape index (κ1) is 22.6. The molecule has 0 unspecified atom stereocenters. The summed E-state index contributed by atoms with van der Waals surface area (Å²) in [6.45, 7) is 7.57. The summed E-state index contributed by atoms with van der Waals surface area (Å²) in [5.41, 5.74) is 3.99. The van der Waals surface area contributed by atoms with Gasteiger partial charge in [-0.2, -0.15) is 0 Å². The van der Waals surface area contributed by atoms with Crippen LogP contribution in [-0.4, -0.2) is 20.9 Å². The van der Waals surface area contributed by atoms with Gasteiger partial charge in [-0.25, -0.2) is 8.42 Å². The van der Waals surface area contributed by atoms with Crippen LogP contribution >= 0.6 is 0 Å². The van der Waals surface area contributed by atoms with Gasteiger partial charge in [-0.15, -0.1) is 0 Å². The van der Waals surface area contributed by atoms with Crippen molar-refractivity contribution in [2.75, 3.05) is 16.2 Å². The van der Waals surface area contributed by atoms with Crippen LogP contribution in [0.1, 0.15) is 36.5 Å². The molecule has 0 atom stereocenters. The molecule has 0 aliphatic carbocycles. The van der Waals surface area contributed by atoms with E-state index in [1.165, 1.54) is 16.4 Å². The van der Waals surface area contributed by atoms with Crippen molar-refractivity contribution in [3.05, 3.63) is 89.5 Å². The van der Waals surface area contributed by atoms with E-state index >= 15 is 0 Å². The number of para-hydroxylation sites is 1. The van der Waals surface area contributed by atoms with Gasteiger partial charge in [0.1, 0.15) is 6.54 Å². The Hall–Kier alpha value is -3.12. The molecule has 0 radical (unpaired) electrons. The molecule has 0 fully saturated rings. The van der Waals surface area contributed by atoms with Crippen molar-refractivity contribution in [2.45, 2.75) is 38.5 Å². The van der Waals surface area contributed by atoms with Gasteiger partial charge in [-0.1, -0.05) is 67.9 Å². The molecule has 0 aliphatic heterocycles. The maximum absolute atomic E-state index is 13.5. The number of benzene rings is 3. The fourth-order valence-corrected chi connectivity index (χ4v) is 5.05. The topological polar surface area (TPSA) is 66.5 Å². The summed E-state index contributed by atoms with van der Waals surface area (Å²) < 4.78 is 28.1. The highest BCUT2D eigenvalue weighted by molar-refractivity contribution is 7.92. The number of sulfonamides is 1. The Labute approximate surface area is 184 Å². The van der Waals surface area contributed by atoms with Gasteiger partial charge in [0, 0.05) is 5.69 Å². The van der Waals surface area contributed by atoms with E-state index in [0.717, 1.165) is 16.7 Å². The van der Waals surface area contributed by atoms with E-state index in [2.05, 4.69) is 5.32 Å². The average Bonchev–Trinajstić information content (AvgIpc) is 2.73. The van der Waals surface area contributed by atoms with Crippen LogP contribution in [0.4, 0.5) is 11.4 Å². The maximum atomic E-state index is 13.5. The van der Waals surface area contributed by atoms with E-state index in [4.69, 9.17) is 0 Å². The molecule has 3 rings (SSSR count). The first-order valence-electron chi connectivity index (χ1n) is 10.2. The van der Waals surface area contributed by atoms with Crippen molar-refractivity contribution >= 4 is 27.3 Å². The standard InChI is InChI=1S/C25H28N2O3S/c1-18(2)22-12-8-9-13-23(22)26-25(28)17-27(24-15-14-19(3)16-20(24)4)31(29,30)21-10-6-5-7-11-21/h5-16,18H,17H2,1-4H3,(H,26,28). The molecule has 31 heavy (non-hydrogen) atoms. The predicted octanol–water partition coefficient (Wildman–Crippen LogP) is 5.26. The van der Waals surface area contributed by atoms with E-state index in [1.807, 2.05) is 64.1 Å². The zero-order valence-electron chi connectivity index (χ0n) is 18.3. The van der Waals surface area contributed by atoms with Gasteiger partial charge in [0.15, 0.2) is 0 Å². The van der Waals surface area contributed by atoms with Crippen LogP contribution in [0.5, 0.6) is 0 Å². The van der Waals surface area contributed by atoms with Crippen molar-refractivity contribution in [2.24, 2.45) is 0 Å². The van der Waals surface area contributed by atoms with Crippen molar-refractivity contribution in [1.29, 1.82) is 0 Å². The molecule has 0 spiro atoms. The number of nitrogens with zero attached hydrogens (tertiary/aromatic N) is 1. The monoisotopic (exact) mass is 436 g/mol. The molecule has 0 heterocycles. The Morgan fingerprint density at radius 2 is 1.58 bits per heavy atom. The summed E-state index contributed by atoms with van der Waals surface area (Å²) in [4.78, 5) is 13.2. The van der Waals surface area contributed by atoms with Crippen molar-refractivity contribution in [1.82, 2.24) is 0 Å². The van der Waals surface area contributed by atoms with Crippen LogP contribution in [0, 0.1) is 13.8 Å². The zero-order chi connectivity index (χ0) is 22.6. The molecule has 0 saturated heterocycles. The molecule has 6 heteroatoms. The molecule has 162 valence electrons. The Balaban J connectivity index is 1.99. The molecule has 0 bridgehead atoms. The van der Waals surface area contributed by atoms with Crippen molar-refractivity contribution < 1.29 is 13.2 Å². The van der Waals surface area contributed by atoms with E-state index in [9.17, 15) is 13.2 Å². The molecular weight excluding hydrogens is 408 g/mol. The number of carbonyl (C=O) groups is 1. The minimum Gasteiger partial charge on any atom is -0.324 e. The molecular formula is C25H28N2O3S. The largest absolute Gasteiger partial charge is 0.324 e. The van der Waals surface area contributed by atoms with Gasteiger partial charge in [0.25, 0.3) is 10.0 Å². The second kappa shape index (κ2) is 9.35. The number of rotatable bonds is 7. The fraction of sp³-hybridized carbons (Fsp3) is 0.240. The Bertz CT molecular complexity index is 1170. The molecule has 0 aliphatic rings. The van der Waals surface area contributed by atoms with Crippen LogP contribution < -0.4 is 9.62 Å². The van der Waals surface area contributed by atoms with E-state index < -0.39 is 15.9 Å². The number of hydrogen-bond donors (Lipinski definition) is 1. The number of nitrogens with one attached hydrogen (secondary N) is 1. The smallest absolute Gasteiger partial charge is 0.264 e. The van der Waals surface area contributed by atoms with Gasteiger partial charge in [-0.05, 0) is 55.2 Å². The summed E-state index contributed by atoms with van der Waals surface area (Å²) in [6.07, 6.45) is 0. The van der Waals surface area contributed by atoms with E-state index in [-0.39, 0.29) is 17.4 Å². The quantitative estimate of drug-likeness (QED) is 0.549. The number of carbonyl (C=O) groups excluding carboxylic acids is 1. The van der Waals surface area contributed by atoms with Crippen LogP contribution in [-0.2, 0) is 14.8 Å². The molecule has 3 aromatic rings. The molecule has 0 aromatic heterocycles. The van der Waals surface area contributed by atoms with Crippen LogP contribution in [0.3, 0.4) is 0 Å². The number of aryl methyl sites for hydroxylation is 2. The van der Waals surface area contributed by atoms with Crippen molar-refractivity contribution in [3.63, 3.8) is 0 Å². The SMILES string of the molecule is Cc1ccc(N(CC(=O)Nc2ccccc2C(C)C)S(=O)(=O)c2ccccc2)c(C)c1. The van der Waals surface area contributed by atoms with Crippen LogP contribution in [0.15, 0.2) is 77.7 Å². The molecule has 1 amide bonds. The minimum atomic E-state index is -3.93. The third kappa shape index (κ3) is 5.14. The van der Waals surface area contributed by atoms with E-state index in [1.54, 1.807) is 24.3 Å². The highest BCUT2D eigenvalue weighted by Crippen LogP contribution is 2.28. The molecule has 3 aromatic carbocycles. The highest BCUT2D eigenvalue weighted by Gasteiger charge is 2.28. The Morgan fingerprint density at radius 3 is 2.23 bits per heavy atom. The Morgan fingerprint density at radius 1 is 0.935 bits per heavy atom. The zero-order valence-corrected chi connectivity index (χ0v) is 19.1. The van der Waals surface area contributed by atoms with Crippen LogP contribution in [0.25, 0.3) is 0 Å². The van der Waals surface area contributed by atoms with Crippen molar-refractivity contribution in [3.8, 4) is 0 Å². The number of amides is 1. The lowest BCUT2D eigenvalue weighted by Gasteiger charge is -2.26. The van der Waals surface area contributed by atoms with Gasteiger partial charge in [0.2, 0.25) is 5.91 Å². The average molecular weight is 437 g/mol. The summed E-state index contributed by atoms with van der Waals surface area (Å²) in [6, 6.07) is 21.3. The number of anilines is 2. The van der Waals surface area contributed by atoms with E-state index in [0.29, 0.717) is 11.4 Å².